The Kier molecular flexibility index (Phi) is 3.84. The van der Waals surface area contributed by atoms with E-state index >= 15 is 0 Å². The van der Waals surface area contributed by atoms with Gasteiger partial charge in [-0.1, -0.05) is 23.2 Å². The van der Waals surface area contributed by atoms with Crippen LogP contribution in [0.2, 0.25) is 10.0 Å². The number of halogens is 2. The monoisotopic (exact) mass is 261 g/mol. The fraction of sp³-hybridized carbons (Fsp3) is 0.364. The maximum atomic E-state index is 11.9. The summed E-state index contributed by atoms with van der Waals surface area (Å²) in [7, 11) is 1.48. The van der Waals surface area contributed by atoms with Gasteiger partial charge in [-0.3, -0.25) is 4.79 Å². The predicted octanol–water partition coefficient (Wildman–Crippen LogP) is 2.92. The third kappa shape index (κ3) is 2.67. The van der Waals surface area contributed by atoms with Gasteiger partial charge >= 0.3 is 0 Å². The van der Waals surface area contributed by atoms with E-state index in [4.69, 9.17) is 33.7 Å². The molecule has 0 radical (unpaired) electrons. The quantitative estimate of drug-likeness (QED) is 0.852. The molecule has 1 aromatic carbocycles. The van der Waals surface area contributed by atoms with E-state index in [1.807, 2.05) is 0 Å². The first kappa shape index (κ1) is 13.3. The molecular formula is C11H13Cl2NO2. The summed E-state index contributed by atoms with van der Waals surface area (Å²) >= 11 is 11.9. The number of hydrogen-bond donors (Lipinski definition) is 1. The number of ketones is 1. The van der Waals surface area contributed by atoms with Crippen LogP contribution >= 0.6 is 23.2 Å². The molecule has 2 N–H and O–H groups in total. The van der Waals surface area contributed by atoms with Crippen LogP contribution in [0, 0.1) is 0 Å². The van der Waals surface area contributed by atoms with Gasteiger partial charge in [-0.25, -0.2) is 0 Å². The van der Waals surface area contributed by atoms with E-state index < -0.39 is 5.54 Å². The zero-order valence-corrected chi connectivity index (χ0v) is 10.8. The molecule has 0 aliphatic carbocycles. The van der Waals surface area contributed by atoms with Gasteiger partial charge in [-0.05, 0) is 19.9 Å². The van der Waals surface area contributed by atoms with Crippen molar-refractivity contribution in [3.8, 4) is 5.75 Å². The Morgan fingerprint density at radius 3 is 2.31 bits per heavy atom. The number of ether oxygens (including phenoxy) is 1. The van der Waals surface area contributed by atoms with Crippen molar-refractivity contribution >= 4 is 29.0 Å². The third-order valence-electron chi connectivity index (χ3n) is 2.07. The Labute approximate surface area is 104 Å². The average Bonchev–Trinajstić information content (AvgIpc) is 2.18. The van der Waals surface area contributed by atoms with Gasteiger partial charge < -0.3 is 10.5 Å². The molecular weight excluding hydrogens is 249 g/mol. The lowest BCUT2D eigenvalue weighted by molar-refractivity contribution is 0.0913. The Hall–Kier alpha value is -0.770. The van der Waals surface area contributed by atoms with E-state index in [1.165, 1.54) is 19.2 Å². The van der Waals surface area contributed by atoms with E-state index in [9.17, 15) is 4.79 Å². The number of benzene rings is 1. The summed E-state index contributed by atoms with van der Waals surface area (Å²) in [5.74, 6) is 0.167. The number of rotatable bonds is 3. The second-order valence-corrected chi connectivity index (χ2v) is 4.83. The highest BCUT2D eigenvalue weighted by atomic mass is 35.5. The molecule has 0 saturated heterocycles. The third-order valence-corrected chi connectivity index (χ3v) is 2.68. The molecule has 1 aromatic rings. The van der Waals surface area contributed by atoms with Crippen molar-refractivity contribution in [1.82, 2.24) is 0 Å². The number of carbonyl (C=O) groups excluding carboxylic acids is 1. The van der Waals surface area contributed by atoms with E-state index in [-0.39, 0.29) is 10.8 Å². The highest BCUT2D eigenvalue weighted by Crippen LogP contribution is 2.32. The first-order chi connectivity index (χ1) is 7.27. The van der Waals surface area contributed by atoms with Crippen molar-refractivity contribution in [2.24, 2.45) is 5.73 Å². The van der Waals surface area contributed by atoms with Crippen LogP contribution in [-0.2, 0) is 0 Å². The second kappa shape index (κ2) is 4.62. The van der Waals surface area contributed by atoms with Crippen molar-refractivity contribution in [2.45, 2.75) is 19.4 Å². The highest BCUT2D eigenvalue weighted by Gasteiger charge is 2.26. The van der Waals surface area contributed by atoms with Gasteiger partial charge in [0.25, 0.3) is 0 Å². The zero-order valence-electron chi connectivity index (χ0n) is 9.30. The molecule has 16 heavy (non-hydrogen) atoms. The van der Waals surface area contributed by atoms with Gasteiger partial charge in [-0.2, -0.15) is 0 Å². The van der Waals surface area contributed by atoms with Crippen LogP contribution in [0.15, 0.2) is 12.1 Å². The Bertz CT molecular complexity index is 425. The topological polar surface area (TPSA) is 52.3 Å². The highest BCUT2D eigenvalue weighted by molar-refractivity contribution is 6.37. The smallest absolute Gasteiger partial charge is 0.183 e. The van der Waals surface area contributed by atoms with Gasteiger partial charge in [0.15, 0.2) is 5.78 Å². The summed E-state index contributed by atoms with van der Waals surface area (Å²) in [5.41, 5.74) is 5.04. The van der Waals surface area contributed by atoms with Crippen LogP contribution in [0.3, 0.4) is 0 Å². The van der Waals surface area contributed by atoms with Gasteiger partial charge in [0.1, 0.15) is 5.75 Å². The van der Waals surface area contributed by atoms with Crippen LogP contribution < -0.4 is 10.5 Å². The molecule has 0 spiro atoms. The first-order valence-electron chi connectivity index (χ1n) is 4.64. The number of nitrogens with two attached hydrogens (primary N) is 1. The molecule has 1 rings (SSSR count). The van der Waals surface area contributed by atoms with Crippen LogP contribution in [0.1, 0.15) is 24.2 Å². The average molecular weight is 262 g/mol. The minimum atomic E-state index is -0.985. The van der Waals surface area contributed by atoms with Gasteiger partial charge in [0, 0.05) is 11.6 Å². The largest absolute Gasteiger partial charge is 0.495 e. The van der Waals surface area contributed by atoms with E-state index in [2.05, 4.69) is 0 Å². The van der Waals surface area contributed by atoms with E-state index in [0.717, 1.165) is 0 Å². The van der Waals surface area contributed by atoms with Gasteiger partial charge in [0.2, 0.25) is 0 Å². The summed E-state index contributed by atoms with van der Waals surface area (Å²) in [6, 6.07) is 2.97. The molecule has 5 heteroatoms. The van der Waals surface area contributed by atoms with Gasteiger partial charge in [-0.15, -0.1) is 0 Å². The molecule has 0 unspecified atom stereocenters. The fourth-order valence-electron chi connectivity index (χ4n) is 1.21. The number of hydrogen-bond acceptors (Lipinski definition) is 3. The summed E-state index contributed by atoms with van der Waals surface area (Å²) in [5, 5.41) is 0.615. The van der Waals surface area contributed by atoms with Crippen molar-refractivity contribution in [3.05, 3.63) is 27.7 Å². The maximum absolute atomic E-state index is 11.9. The zero-order chi connectivity index (χ0) is 12.5. The molecule has 0 aliphatic rings. The normalized spacial score (nSPS) is 11.4. The summed E-state index contributed by atoms with van der Waals surface area (Å²) in [6.45, 7) is 3.23. The van der Waals surface area contributed by atoms with Crippen molar-refractivity contribution in [3.63, 3.8) is 0 Å². The van der Waals surface area contributed by atoms with Crippen molar-refractivity contribution in [2.75, 3.05) is 7.11 Å². The fourth-order valence-corrected chi connectivity index (χ4v) is 1.69. The summed E-state index contributed by atoms with van der Waals surface area (Å²) < 4.78 is 4.99. The van der Waals surface area contributed by atoms with Crippen LogP contribution in [0.5, 0.6) is 5.75 Å². The van der Waals surface area contributed by atoms with Crippen LogP contribution in [0.4, 0.5) is 0 Å². The van der Waals surface area contributed by atoms with E-state index in [0.29, 0.717) is 16.3 Å². The molecule has 0 bridgehead atoms. The number of methoxy groups -OCH3 is 1. The summed E-state index contributed by atoms with van der Waals surface area (Å²) in [6.07, 6.45) is 0. The Balaban J connectivity index is 3.27. The molecule has 0 amide bonds. The molecule has 0 saturated carbocycles. The molecule has 0 aromatic heterocycles. The Morgan fingerprint density at radius 1 is 1.31 bits per heavy atom. The molecule has 0 aliphatic heterocycles. The molecule has 3 nitrogen and oxygen atoms in total. The Morgan fingerprint density at radius 2 is 1.88 bits per heavy atom. The van der Waals surface area contributed by atoms with Crippen molar-refractivity contribution in [1.29, 1.82) is 0 Å². The SMILES string of the molecule is COc1cc(Cl)c(C(=O)C(C)(C)N)cc1Cl. The predicted molar refractivity (Wildman–Crippen MR) is 65.6 cm³/mol. The second-order valence-electron chi connectivity index (χ2n) is 4.02. The lowest BCUT2D eigenvalue weighted by Gasteiger charge is -2.18. The lowest BCUT2D eigenvalue weighted by atomic mass is 9.94. The number of carbonyl (C=O) groups is 1. The lowest BCUT2D eigenvalue weighted by Crippen LogP contribution is -2.41. The standard InChI is InChI=1S/C11H13Cl2NO2/c1-11(2,14)10(15)6-4-8(13)9(16-3)5-7(6)12/h4-5H,14H2,1-3H3. The first-order valence-corrected chi connectivity index (χ1v) is 5.39. The molecule has 0 atom stereocenters. The van der Waals surface area contributed by atoms with E-state index in [1.54, 1.807) is 13.8 Å². The number of Topliss-reactive ketones (excluding diaryl/α,β-unsaturated/α-hetero) is 1. The van der Waals surface area contributed by atoms with Gasteiger partial charge in [0.05, 0.1) is 22.7 Å². The summed E-state index contributed by atoms with van der Waals surface area (Å²) in [4.78, 5) is 11.9. The minimum Gasteiger partial charge on any atom is -0.495 e. The van der Waals surface area contributed by atoms with Crippen LogP contribution in [-0.4, -0.2) is 18.4 Å². The maximum Gasteiger partial charge on any atom is 0.183 e. The molecule has 88 valence electrons. The minimum absolute atomic E-state index is 0.262. The van der Waals surface area contributed by atoms with Crippen molar-refractivity contribution < 1.29 is 9.53 Å². The van der Waals surface area contributed by atoms with Crippen LogP contribution in [0.25, 0.3) is 0 Å². The molecule has 0 fully saturated rings. The molecule has 0 heterocycles.